The lowest BCUT2D eigenvalue weighted by Gasteiger charge is -2.14. The van der Waals surface area contributed by atoms with Gasteiger partial charge in [-0.25, -0.2) is 4.79 Å². The van der Waals surface area contributed by atoms with Crippen molar-refractivity contribution in [3.8, 4) is 132 Å². The zero-order valence-corrected chi connectivity index (χ0v) is 83.0. The number of aryl methyl sites for hydroxylation is 1. The lowest BCUT2D eigenvalue weighted by molar-refractivity contribution is -0.385. The number of aromatic nitrogens is 4. The fourth-order valence-electron chi connectivity index (χ4n) is 14.8. The number of phenolic OH excluding ortho intramolecular Hbond substituents is 3. The molecule has 0 amide bonds. The maximum atomic E-state index is 13.0. The maximum Gasteiger partial charge on any atom is 0.335 e. The van der Waals surface area contributed by atoms with Gasteiger partial charge in [0.15, 0.2) is 144 Å². The van der Waals surface area contributed by atoms with E-state index in [4.69, 9.17) is 111 Å². The third kappa shape index (κ3) is 24.3. The average molecular weight is 2010 g/mol. The minimum absolute atomic E-state index is 0.0348. The van der Waals surface area contributed by atoms with E-state index in [9.17, 15) is 59.5 Å². The van der Waals surface area contributed by atoms with Crippen LogP contribution in [0.2, 0.25) is 0 Å². The first-order valence-corrected chi connectivity index (χ1v) is 43.0. The number of phenols is 3. The smallest absolute Gasteiger partial charge is 0.335 e. The second kappa shape index (κ2) is 49.6. The highest BCUT2D eigenvalue weighted by Gasteiger charge is 2.33. The summed E-state index contributed by atoms with van der Waals surface area (Å²) in [6.45, 7) is 2.02. The monoisotopic (exact) mass is 2000 g/mol. The number of nitrogens with two attached hydrogens (primary N) is 2. The van der Waals surface area contributed by atoms with E-state index in [1.807, 2.05) is 61.8 Å². The molecule has 0 unspecified atom stereocenters. The maximum absolute atomic E-state index is 13.0. The minimum Gasteiger partial charge on any atom is -0.504 e. The second-order valence-corrected chi connectivity index (χ2v) is 30.3. The Kier molecular flexibility index (Phi) is 37.0. The molecule has 0 saturated heterocycles. The quantitative estimate of drug-likeness (QED) is 0.00571. The molecule has 4 heterocycles. The summed E-state index contributed by atoms with van der Waals surface area (Å²) in [6.07, 6.45) is 6.94. The number of nitro groups is 2. The number of carboxylic acid groups (broad SMARTS) is 1. The number of ether oxygens (including phenoxy) is 20. The molecule has 16 rings (SSSR count). The molecule has 0 fully saturated rings. The molecule has 0 atom stereocenters. The van der Waals surface area contributed by atoms with Gasteiger partial charge >= 0.3 is 5.97 Å². The molecule has 0 aliphatic heterocycles. The number of nitro benzene ring substituents is 2. The summed E-state index contributed by atoms with van der Waals surface area (Å²) in [7, 11) is 29.9. The molecular formula is C105H104N8O33. The Hall–Kier alpha value is -19.1. The Bertz CT molecular complexity index is 7360. The number of hydrogen-bond acceptors (Lipinski definition) is 37. The number of hydrogen-bond donors (Lipinski definition) is 7. The van der Waals surface area contributed by atoms with Gasteiger partial charge in [0.05, 0.1) is 186 Å². The van der Waals surface area contributed by atoms with Crippen molar-refractivity contribution in [3.63, 3.8) is 0 Å². The van der Waals surface area contributed by atoms with Gasteiger partial charge in [0.1, 0.15) is 11.1 Å². The molecule has 0 aliphatic carbocycles. The Labute approximate surface area is 833 Å². The number of nitrogens with zero attached hydrogens (tertiary/aromatic N) is 5. The molecule has 0 saturated carbocycles. The number of anilines is 2. The van der Waals surface area contributed by atoms with Gasteiger partial charge in [0, 0.05) is 156 Å². The van der Waals surface area contributed by atoms with Crippen LogP contribution in [0.3, 0.4) is 0 Å². The number of methoxy groups -OCH3 is 20. The van der Waals surface area contributed by atoms with Gasteiger partial charge in [0.2, 0.25) is 11.2 Å². The number of H-pyrrole nitrogens is 1. The van der Waals surface area contributed by atoms with Crippen molar-refractivity contribution in [2.24, 2.45) is 0 Å². The highest BCUT2D eigenvalue weighted by atomic mass is 16.6. The fourth-order valence-corrected chi connectivity index (χ4v) is 14.8. The second-order valence-electron chi connectivity index (χ2n) is 30.3. The van der Waals surface area contributed by atoms with Crippen LogP contribution in [0.15, 0.2) is 199 Å². The molecule has 0 aliphatic rings. The number of nitrogens with one attached hydrogen (secondary N) is 1. The Morgan fingerprint density at radius 3 is 0.959 bits per heavy atom. The highest BCUT2D eigenvalue weighted by Crippen LogP contribution is 2.46. The Morgan fingerprint density at radius 1 is 0.301 bits per heavy atom. The molecule has 9 N–H and O–H groups in total. The van der Waals surface area contributed by atoms with Gasteiger partial charge in [-0.05, 0) is 116 Å². The number of carbonyl (C=O) groups is 4. The number of carbonyl (C=O) groups excluding carboxylic acids is 3. The number of pyridine rings is 4. The normalized spacial score (nSPS) is 10.4. The minimum atomic E-state index is -0.985. The standard InChI is InChI=1S/C20H18N2O4.C17H16N2O9.C17H20N2O5.C17H18O5.C16H10N2O4.C9H10O4.C9H12O2/c1-23-16-5-12-14(7-18(16)25-3)21-9-11-10-22-15-8-19(26-4)17(24-2)6-13(15)20(11)12;1-25-13-5-9(11(18(21)22)7-15(13)27-3)17(20)10-6-14(26-2)16(28-4)8-12(10)19(23)24;1-21-13-5-9(11(18)7-15(13)23-3)17(20)10-6-14(22-2)16(24-4)8-12(10)19;1-19-13-7-5-11(9-15(13)21-3)17(18)12-6-8-14(20-2)16(10-12)22-4;19-12-1-8-10(3-14(12)21)17-5-7-6-18-11-4-15(22)13(20)2-9(11)16(7)8;1-12-7-4-3-6(9(10)11)5-8(7)13-2;1-7-4-5-8(10-2)9(6-7)11-3/h5-10H,1-4H3;5-8H,1-4H3;5-8H,18-19H2,1-4H3;5-10H,1-4H3;1-6,17,19-21H;3-5H,1-2H3,(H,10,11);4-6H,1-3H3. The van der Waals surface area contributed by atoms with Gasteiger partial charge in [-0.2, -0.15) is 0 Å². The molecule has 146 heavy (non-hydrogen) atoms. The third-order valence-corrected chi connectivity index (χ3v) is 22.2. The van der Waals surface area contributed by atoms with E-state index in [2.05, 4.69) is 19.9 Å². The first-order valence-electron chi connectivity index (χ1n) is 43.0. The number of ketones is 3. The number of carboxylic acids is 1. The van der Waals surface area contributed by atoms with E-state index in [0.29, 0.717) is 113 Å². The summed E-state index contributed by atoms with van der Waals surface area (Å²) >= 11 is 0. The van der Waals surface area contributed by atoms with E-state index >= 15 is 0 Å². The molecule has 762 valence electrons. The molecule has 4 aromatic heterocycles. The van der Waals surface area contributed by atoms with Crippen LogP contribution < -0.4 is 112 Å². The summed E-state index contributed by atoms with van der Waals surface area (Å²) in [6, 6.07) is 43.8. The molecule has 16 aromatic rings. The number of aromatic hydroxyl groups is 3. The highest BCUT2D eigenvalue weighted by molar-refractivity contribution is 6.21. The van der Waals surface area contributed by atoms with Crippen LogP contribution in [0.5, 0.6) is 132 Å². The number of fused-ring (bicyclic) bond motifs is 10. The number of benzene rings is 12. The van der Waals surface area contributed by atoms with Crippen LogP contribution in [-0.2, 0) is 0 Å². The largest absolute Gasteiger partial charge is 0.504 e. The summed E-state index contributed by atoms with van der Waals surface area (Å²) in [5.41, 5.74) is 15.6. The number of aromatic amines is 1. The SMILES string of the molecule is COc1cc(C(=O)c2cc(OC)c(OC)cc2[N+](=O)[O-])c([N+](=O)[O-])cc1OC.COc1cc(N)c(C(=O)c2cc(OC)c(OC)cc2N)cc1OC.COc1cc2ncc3cnc4cc(OC)c(OC)cc4c3c2cc1OC.COc1ccc(C(=O)O)cc1OC.COc1ccc(C(=O)c2ccc(OC)c(OC)c2)cc1OC.COc1ccc(C)cc1OC.O=c1cc2ncc3c[nH]c4cc(O)c(O)cc4c3c2cc1O. The lowest BCUT2D eigenvalue weighted by atomic mass is 9.99. The van der Waals surface area contributed by atoms with Crippen LogP contribution in [0.1, 0.15) is 63.7 Å². The molecule has 0 radical (unpaired) electrons. The van der Waals surface area contributed by atoms with E-state index in [1.165, 1.54) is 152 Å². The van der Waals surface area contributed by atoms with Crippen molar-refractivity contribution in [1.29, 1.82) is 0 Å². The van der Waals surface area contributed by atoms with E-state index < -0.39 is 49.5 Å². The van der Waals surface area contributed by atoms with Crippen LogP contribution in [-0.4, -0.2) is 216 Å². The van der Waals surface area contributed by atoms with Gasteiger partial charge in [-0.1, -0.05) is 6.07 Å². The van der Waals surface area contributed by atoms with Gasteiger partial charge < -0.3 is 132 Å². The zero-order valence-electron chi connectivity index (χ0n) is 83.0. The van der Waals surface area contributed by atoms with Gasteiger partial charge in [0.25, 0.3) is 11.4 Å². The van der Waals surface area contributed by atoms with Gasteiger partial charge in [-0.3, -0.25) is 54.4 Å². The van der Waals surface area contributed by atoms with E-state index in [1.54, 1.807) is 112 Å². The average Bonchev–Trinajstić information content (AvgIpc) is 0.734. The Balaban J connectivity index is 0.000000177. The molecular weight excluding hydrogens is 1900 g/mol. The molecule has 41 heteroatoms. The number of nitrogen functional groups attached to an aromatic ring is 2. The number of rotatable bonds is 29. The van der Waals surface area contributed by atoms with Gasteiger partial charge in [-0.15, -0.1) is 0 Å². The van der Waals surface area contributed by atoms with Crippen LogP contribution in [0.4, 0.5) is 22.7 Å². The first kappa shape index (κ1) is 109. The summed E-state index contributed by atoms with van der Waals surface area (Å²) in [4.78, 5) is 98.3. The van der Waals surface area contributed by atoms with Crippen LogP contribution >= 0.6 is 0 Å². The van der Waals surface area contributed by atoms with E-state index in [0.717, 1.165) is 79.1 Å². The third-order valence-electron chi connectivity index (χ3n) is 22.2. The summed E-state index contributed by atoms with van der Waals surface area (Å²) < 4.78 is 104. The van der Waals surface area contributed by atoms with Crippen LogP contribution in [0.25, 0.3) is 65.2 Å². The Morgan fingerprint density at radius 2 is 0.582 bits per heavy atom. The van der Waals surface area contributed by atoms with E-state index in [-0.39, 0.29) is 79.9 Å². The topological polar surface area (TPSA) is 544 Å². The van der Waals surface area contributed by atoms with Crippen molar-refractivity contribution in [2.75, 3.05) is 154 Å². The summed E-state index contributed by atoms with van der Waals surface area (Å²) in [5.74, 6) is 5.84. The predicted octanol–water partition coefficient (Wildman–Crippen LogP) is 17.6. The van der Waals surface area contributed by atoms with Crippen LogP contribution in [0, 0.1) is 27.2 Å². The van der Waals surface area contributed by atoms with Crippen molar-refractivity contribution in [1.82, 2.24) is 19.9 Å². The van der Waals surface area contributed by atoms with Crippen molar-refractivity contribution < 1.29 is 144 Å². The lowest BCUT2D eigenvalue weighted by Crippen LogP contribution is -2.10. The first-order chi connectivity index (χ1) is 70.1. The molecule has 0 spiro atoms. The molecule has 41 nitrogen and oxygen atoms in total. The fraction of sp³-hybridized carbons (Fsp3) is 0.200. The van der Waals surface area contributed by atoms with Crippen molar-refractivity contribution >= 4 is 111 Å². The van der Waals surface area contributed by atoms with Crippen molar-refractivity contribution in [2.45, 2.75) is 6.92 Å². The molecule has 12 aromatic carbocycles. The summed E-state index contributed by atoms with van der Waals surface area (Å²) in [5, 5.41) is 67.3. The van der Waals surface area contributed by atoms with Crippen molar-refractivity contribution in [3.05, 3.63) is 270 Å². The zero-order chi connectivity index (χ0) is 107. The molecule has 0 bridgehead atoms. The number of aromatic carboxylic acids is 1. The predicted molar refractivity (Wildman–Crippen MR) is 544 cm³/mol.